The van der Waals surface area contributed by atoms with Gasteiger partial charge in [0, 0.05) is 5.38 Å². The van der Waals surface area contributed by atoms with Gasteiger partial charge in [-0.15, -0.1) is 11.6 Å². The van der Waals surface area contributed by atoms with Crippen LogP contribution in [0.3, 0.4) is 0 Å². The quantitative estimate of drug-likeness (QED) is 0.653. The molecule has 14 heavy (non-hydrogen) atoms. The Morgan fingerprint density at radius 2 is 2.07 bits per heavy atom. The van der Waals surface area contributed by atoms with Crippen LogP contribution in [0.25, 0.3) is 0 Å². The molecular formula is C13H17Cl. The van der Waals surface area contributed by atoms with Gasteiger partial charge >= 0.3 is 0 Å². The van der Waals surface area contributed by atoms with Crippen molar-refractivity contribution in [2.24, 2.45) is 0 Å². The molecule has 0 aliphatic heterocycles. The molecule has 1 atom stereocenters. The Bertz CT molecular complexity index is 300. The van der Waals surface area contributed by atoms with Crippen LogP contribution in [-0.4, -0.2) is 5.38 Å². The normalized spacial score (nSPS) is 18.1. The van der Waals surface area contributed by atoms with Crippen LogP contribution in [-0.2, 0) is 6.42 Å². The molecule has 2 rings (SSSR count). The molecule has 0 amide bonds. The lowest BCUT2D eigenvalue weighted by Crippen LogP contribution is -1.97. The maximum Gasteiger partial charge on any atom is 0.0311 e. The van der Waals surface area contributed by atoms with E-state index in [9.17, 15) is 0 Å². The number of benzene rings is 1. The number of halogens is 1. The van der Waals surface area contributed by atoms with Gasteiger partial charge in [0.05, 0.1) is 0 Å². The SMILES string of the molecule is CC(Cl)CCc1ccccc1C1CC1. The molecule has 1 aromatic rings. The van der Waals surface area contributed by atoms with Crippen LogP contribution in [0.2, 0.25) is 0 Å². The number of hydrogen-bond donors (Lipinski definition) is 0. The Morgan fingerprint density at radius 3 is 2.71 bits per heavy atom. The standard InChI is InChI=1S/C13H17Cl/c1-10(14)6-7-11-4-2-3-5-13(11)12-8-9-12/h2-5,10,12H,6-9H2,1H3. The summed E-state index contributed by atoms with van der Waals surface area (Å²) in [5, 5.41) is 0.294. The fourth-order valence-electron chi connectivity index (χ4n) is 1.91. The maximum absolute atomic E-state index is 5.98. The van der Waals surface area contributed by atoms with Gasteiger partial charge in [0.2, 0.25) is 0 Å². The Labute approximate surface area is 91.3 Å². The van der Waals surface area contributed by atoms with E-state index in [-0.39, 0.29) is 0 Å². The smallest absolute Gasteiger partial charge is 0.0311 e. The molecule has 1 aliphatic rings. The molecule has 1 fully saturated rings. The van der Waals surface area contributed by atoms with Crippen molar-refractivity contribution >= 4 is 11.6 Å². The Kier molecular flexibility index (Phi) is 3.12. The Morgan fingerprint density at radius 1 is 1.36 bits per heavy atom. The van der Waals surface area contributed by atoms with Crippen LogP contribution in [0.15, 0.2) is 24.3 Å². The van der Waals surface area contributed by atoms with Gasteiger partial charge in [-0.1, -0.05) is 24.3 Å². The van der Waals surface area contributed by atoms with Crippen molar-refractivity contribution < 1.29 is 0 Å². The van der Waals surface area contributed by atoms with Crippen molar-refractivity contribution in [3.8, 4) is 0 Å². The minimum absolute atomic E-state index is 0.294. The molecule has 1 aliphatic carbocycles. The predicted octanol–water partition coefficient (Wildman–Crippen LogP) is 4.12. The zero-order chi connectivity index (χ0) is 9.97. The summed E-state index contributed by atoms with van der Waals surface area (Å²) in [4.78, 5) is 0. The van der Waals surface area contributed by atoms with Crippen molar-refractivity contribution in [1.29, 1.82) is 0 Å². The first-order valence-electron chi connectivity index (χ1n) is 5.49. The maximum atomic E-state index is 5.98. The third-order valence-electron chi connectivity index (χ3n) is 2.88. The number of aryl methyl sites for hydroxylation is 1. The lowest BCUT2D eigenvalue weighted by Gasteiger charge is -2.08. The van der Waals surface area contributed by atoms with Gasteiger partial charge < -0.3 is 0 Å². The summed E-state index contributed by atoms with van der Waals surface area (Å²) in [7, 11) is 0. The van der Waals surface area contributed by atoms with Gasteiger partial charge in [-0.25, -0.2) is 0 Å². The summed E-state index contributed by atoms with van der Waals surface area (Å²) in [6.45, 7) is 2.07. The summed E-state index contributed by atoms with van der Waals surface area (Å²) in [5.41, 5.74) is 3.09. The van der Waals surface area contributed by atoms with E-state index < -0.39 is 0 Å². The zero-order valence-corrected chi connectivity index (χ0v) is 9.43. The van der Waals surface area contributed by atoms with Gasteiger partial charge in [-0.2, -0.15) is 0 Å². The van der Waals surface area contributed by atoms with E-state index in [1.54, 1.807) is 5.56 Å². The fraction of sp³-hybridized carbons (Fsp3) is 0.538. The lowest BCUT2D eigenvalue weighted by atomic mass is 9.99. The summed E-state index contributed by atoms with van der Waals surface area (Å²) in [6, 6.07) is 8.83. The fourth-order valence-corrected chi connectivity index (χ4v) is 2.02. The van der Waals surface area contributed by atoms with Crippen molar-refractivity contribution in [3.63, 3.8) is 0 Å². The molecule has 0 aromatic heterocycles. The zero-order valence-electron chi connectivity index (χ0n) is 8.67. The van der Waals surface area contributed by atoms with Crippen molar-refractivity contribution in [1.82, 2.24) is 0 Å². The first-order valence-corrected chi connectivity index (χ1v) is 5.93. The minimum atomic E-state index is 0.294. The molecule has 0 nitrogen and oxygen atoms in total. The second-order valence-electron chi connectivity index (χ2n) is 4.29. The van der Waals surface area contributed by atoms with Gasteiger partial charge in [-0.05, 0) is 49.7 Å². The Hall–Kier alpha value is -0.490. The van der Waals surface area contributed by atoms with E-state index in [1.807, 2.05) is 0 Å². The highest BCUT2D eigenvalue weighted by atomic mass is 35.5. The minimum Gasteiger partial charge on any atom is -0.123 e. The molecule has 1 heteroatoms. The van der Waals surface area contributed by atoms with E-state index in [0.29, 0.717) is 5.38 Å². The molecule has 1 aromatic carbocycles. The average Bonchev–Trinajstić information content (AvgIpc) is 2.98. The summed E-state index contributed by atoms with van der Waals surface area (Å²) in [6.07, 6.45) is 4.99. The number of rotatable bonds is 4. The Balaban J connectivity index is 2.07. The molecule has 0 radical (unpaired) electrons. The molecule has 1 saturated carbocycles. The van der Waals surface area contributed by atoms with E-state index >= 15 is 0 Å². The largest absolute Gasteiger partial charge is 0.123 e. The van der Waals surface area contributed by atoms with Crippen molar-refractivity contribution in [2.45, 2.75) is 43.9 Å². The molecule has 1 unspecified atom stereocenters. The molecule has 0 bridgehead atoms. The lowest BCUT2D eigenvalue weighted by molar-refractivity contribution is 0.794. The van der Waals surface area contributed by atoms with E-state index in [2.05, 4.69) is 31.2 Å². The van der Waals surface area contributed by atoms with Crippen LogP contribution in [0.4, 0.5) is 0 Å². The molecule has 0 saturated heterocycles. The second kappa shape index (κ2) is 4.35. The number of hydrogen-bond acceptors (Lipinski definition) is 0. The first kappa shape index (κ1) is 10.0. The van der Waals surface area contributed by atoms with Crippen LogP contribution in [0, 0.1) is 0 Å². The van der Waals surface area contributed by atoms with Gasteiger partial charge in [0.25, 0.3) is 0 Å². The highest BCUT2D eigenvalue weighted by Crippen LogP contribution is 2.41. The summed E-state index contributed by atoms with van der Waals surface area (Å²) in [5.74, 6) is 0.858. The highest BCUT2D eigenvalue weighted by molar-refractivity contribution is 6.20. The van der Waals surface area contributed by atoms with E-state index in [1.165, 1.54) is 18.4 Å². The predicted molar refractivity (Wildman–Crippen MR) is 62.1 cm³/mol. The highest BCUT2D eigenvalue weighted by Gasteiger charge is 2.25. The molecular weight excluding hydrogens is 192 g/mol. The third kappa shape index (κ3) is 2.51. The van der Waals surface area contributed by atoms with E-state index in [0.717, 1.165) is 18.8 Å². The van der Waals surface area contributed by atoms with Crippen LogP contribution < -0.4 is 0 Å². The van der Waals surface area contributed by atoms with Crippen LogP contribution in [0.1, 0.15) is 43.2 Å². The molecule has 0 heterocycles. The number of alkyl halides is 1. The van der Waals surface area contributed by atoms with Gasteiger partial charge in [-0.3, -0.25) is 0 Å². The van der Waals surface area contributed by atoms with Gasteiger partial charge in [0.1, 0.15) is 0 Å². The monoisotopic (exact) mass is 208 g/mol. The third-order valence-corrected chi connectivity index (χ3v) is 3.10. The topological polar surface area (TPSA) is 0 Å². The summed E-state index contributed by atoms with van der Waals surface area (Å²) < 4.78 is 0. The van der Waals surface area contributed by atoms with Crippen molar-refractivity contribution in [2.75, 3.05) is 0 Å². The first-order chi connectivity index (χ1) is 6.77. The molecule has 0 spiro atoms. The van der Waals surface area contributed by atoms with Crippen LogP contribution in [0.5, 0.6) is 0 Å². The van der Waals surface area contributed by atoms with Crippen LogP contribution >= 0.6 is 11.6 Å². The van der Waals surface area contributed by atoms with Gasteiger partial charge in [0.15, 0.2) is 0 Å². The average molecular weight is 209 g/mol. The molecule has 0 N–H and O–H groups in total. The molecule has 76 valence electrons. The van der Waals surface area contributed by atoms with E-state index in [4.69, 9.17) is 11.6 Å². The van der Waals surface area contributed by atoms with Crippen molar-refractivity contribution in [3.05, 3.63) is 35.4 Å². The second-order valence-corrected chi connectivity index (χ2v) is 5.04. The summed E-state index contributed by atoms with van der Waals surface area (Å²) >= 11 is 5.98.